The van der Waals surface area contributed by atoms with E-state index in [0.717, 1.165) is 5.56 Å². The molecule has 0 unspecified atom stereocenters. The predicted molar refractivity (Wildman–Crippen MR) is 97.0 cm³/mol. The van der Waals surface area contributed by atoms with Crippen LogP contribution in [0.4, 0.5) is 0 Å². The normalized spacial score (nSPS) is 10.5. The summed E-state index contributed by atoms with van der Waals surface area (Å²) < 4.78 is 16.0. The van der Waals surface area contributed by atoms with E-state index in [2.05, 4.69) is 11.4 Å². The Morgan fingerprint density at radius 3 is 2.68 bits per heavy atom. The Kier molecular flexibility index (Phi) is 7.95. The number of carbonyl (C=O) groups is 1. The SMILES string of the molecule is COCCOCCNC(=O)c1cccc(OCc2cccc(C)c2)c1. The van der Waals surface area contributed by atoms with Gasteiger partial charge < -0.3 is 19.5 Å². The zero-order valence-electron chi connectivity index (χ0n) is 14.8. The molecule has 0 heterocycles. The van der Waals surface area contributed by atoms with Crippen molar-refractivity contribution in [3.63, 3.8) is 0 Å². The van der Waals surface area contributed by atoms with Crippen molar-refractivity contribution in [2.24, 2.45) is 0 Å². The maximum atomic E-state index is 12.2. The van der Waals surface area contributed by atoms with E-state index in [9.17, 15) is 4.79 Å². The first-order chi connectivity index (χ1) is 12.2. The van der Waals surface area contributed by atoms with E-state index < -0.39 is 0 Å². The minimum Gasteiger partial charge on any atom is -0.489 e. The molecule has 0 radical (unpaired) electrons. The Balaban J connectivity index is 1.80. The fraction of sp³-hybridized carbons (Fsp3) is 0.350. The number of ether oxygens (including phenoxy) is 3. The molecule has 25 heavy (non-hydrogen) atoms. The molecule has 1 N–H and O–H groups in total. The van der Waals surface area contributed by atoms with Crippen LogP contribution in [0.3, 0.4) is 0 Å². The number of aryl methyl sites for hydroxylation is 1. The summed E-state index contributed by atoms with van der Waals surface area (Å²) >= 11 is 0. The molecule has 0 aliphatic heterocycles. The van der Waals surface area contributed by atoms with Crippen molar-refractivity contribution < 1.29 is 19.0 Å². The molecule has 0 aliphatic rings. The molecular formula is C20H25NO4. The summed E-state index contributed by atoms with van der Waals surface area (Å²) in [5.74, 6) is 0.529. The van der Waals surface area contributed by atoms with Gasteiger partial charge in [0.05, 0.1) is 19.8 Å². The first-order valence-electron chi connectivity index (χ1n) is 8.32. The van der Waals surface area contributed by atoms with E-state index in [-0.39, 0.29) is 5.91 Å². The van der Waals surface area contributed by atoms with Gasteiger partial charge in [0.25, 0.3) is 5.91 Å². The Hall–Kier alpha value is -2.37. The van der Waals surface area contributed by atoms with E-state index in [0.29, 0.717) is 44.3 Å². The summed E-state index contributed by atoms with van der Waals surface area (Å²) in [6, 6.07) is 15.3. The quantitative estimate of drug-likeness (QED) is 0.674. The molecule has 0 aliphatic carbocycles. The number of hydrogen-bond donors (Lipinski definition) is 1. The number of benzene rings is 2. The van der Waals surface area contributed by atoms with Gasteiger partial charge in [-0.25, -0.2) is 0 Å². The average Bonchev–Trinajstić information content (AvgIpc) is 2.63. The lowest BCUT2D eigenvalue weighted by Gasteiger charge is -2.09. The molecule has 2 aromatic rings. The molecule has 5 nitrogen and oxygen atoms in total. The number of carbonyl (C=O) groups excluding carboxylic acids is 1. The number of amides is 1. The topological polar surface area (TPSA) is 56.8 Å². The second-order valence-corrected chi connectivity index (χ2v) is 5.67. The van der Waals surface area contributed by atoms with E-state index >= 15 is 0 Å². The van der Waals surface area contributed by atoms with Crippen molar-refractivity contribution in [2.45, 2.75) is 13.5 Å². The minimum atomic E-state index is -0.142. The molecule has 0 fully saturated rings. The van der Waals surface area contributed by atoms with Gasteiger partial charge in [0.15, 0.2) is 0 Å². The average molecular weight is 343 g/mol. The lowest BCUT2D eigenvalue weighted by atomic mass is 10.1. The van der Waals surface area contributed by atoms with Crippen LogP contribution in [-0.2, 0) is 16.1 Å². The maximum Gasteiger partial charge on any atom is 0.251 e. The molecule has 2 aromatic carbocycles. The van der Waals surface area contributed by atoms with E-state index in [1.54, 1.807) is 19.2 Å². The molecule has 0 saturated heterocycles. The third-order valence-corrected chi connectivity index (χ3v) is 3.55. The Bertz CT molecular complexity index is 672. The van der Waals surface area contributed by atoms with Crippen LogP contribution in [0.1, 0.15) is 21.5 Å². The molecule has 1 amide bonds. The van der Waals surface area contributed by atoms with Crippen LogP contribution < -0.4 is 10.1 Å². The van der Waals surface area contributed by atoms with Gasteiger partial charge in [-0.1, -0.05) is 35.9 Å². The number of rotatable bonds is 10. The molecule has 0 spiro atoms. The van der Waals surface area contributed by atoms with Gasteiger partial charge in [-0.15, -0.1) is 0 Å². The van der Waals surface area contributed by atoms with Crippen LogP contribution >= 0.6 is 0 Å². The Labute approximate surface area is 148 Å². The summed E-state index contributed by atoms with van der Waals surface area (Å²) in [4.78, 5) is 12.2. The van der Waals surface area contributed by atoms with Crippen molar-refractivity contribution in [1.29, 1.82) is 0 Å². The number of nitrogens with one attached hydrogen (secondary N) is 1. The van der Waals surface area contributed by atoms with Crippen molar-refractivity contribution in [1.82, 2.24) is 5.32 Å². The predicted octanol–water partition coefficient (Wildman–Crippen LogP) is 2.97. The highest BCUT2D eigenvalue weighted by molar-refractivity contribution is 5.94. The summed E-state index contributed by atoms with van der Waals surface area (Å²) in [6.45, 7) is 4.51. The van der Waals surface area contributed by atoms with Gasteiger partial charge in [-0.3, -0.25) is 4.79 Å². The smallest absolute Gasteiger partial charge is 0.251 e. The molecule has 134 valence electrons. The Morgan fingerprint density at radius 2 is 1.88 bits per heavy atom. The first-order valence-corrected chi connectivity index (χ1v) is 8.32. The molecular weight excluding hydrogens is 318 g/mol. The second-order valence-electron chi connectivity index (χ2n) is 5.67. The lowest BCUT2D eigenvalue weighted by Crippen LogP contribution is -2.27. The highest BCUT2D eigenvalue weighted by atomic mass is 16.5. The van der Waals surface area contributed by atoms with Gasteiger partial charge in [0.1, 0.15) is 12.4 Å². The van der Waals surface area contributed by atoms with Gasteiger partial charge in [-0.2, -0.15) is 0 Å². The lowest BCUT2D eigenvalue weighted by molar-refractivity contribution is 0.0692. The highest BCUT2D eigenvalue weighted by Gasteiger charge is 2.06. The molecule has 0 bridgehead atoms. The molecule has 0 atom stereocenters. The van der Waals surface area contributed by atoms with Crippen LogP contribution in [0.5, 0.6) is 5.75 Å². The monoisotopic (exact) mass is 343 g/mol. The van der Waals surface area contributed by atoms with E-state index in [1.165, 1.54) is 5.56 Å². The van der Waals surface area contributed by atoms with Gasteiger partial charge >= 0.3 is 0 Å². The summed E-state index contributed by atoms with van der Waals surface area (Å²) in [5, 5.41) is 2.82. The van der Waals surface area contributed by atoms with Crippen LogP contribution in [0.15, 0.2) is 48.5 Å². The summed E-state index contributed by atoms with van der Waals surface area (Å²) in [6.07, 6.45) is 0. The van der Waals surface area contributed by atoms with E-state index in [4.69, 9.17) is 14.2 Å². The molecule has 0 saturated carbocycles. The van der Waals surface area contributed by atoms with Gasteiger partial charge in [0.2, 0.25) is 0 Å². The molecule has 0 aromatic heterocycles. The standard InChI is InChI=1S/C20H25NO4/c1-16-5-3-6-17(13-16)15-25-19-8-4-7-18(14-19)20(22)21-9-10-24-12-11-23-2/h3-8,13-14H,9-12,15H2,1-2H3,(H,21,22). The first kappa shape index (κ1) is 19.0. The number of hydrogen-bond acceptors (Lipinski definition) is 4. The summed E-state index contributed by atoms with van der Waals surface area (Å²) in [7, 11) is 1.62. The van der Waals surface area contributed by atoms with Crippen molar-refractivity contribution in [2.75, 3.05) is 33.5 Å². The van der Waals surface area contributed by atoms with Crippen molar-refractivity contribution >= 4 is 5.91 Å². The highest BCUT2D eigenvalue weighted by Crippen LogP contribution is 2.15. The fourth-order valence-corrected chi connectivity index (χ4v) is 2.28. The molecule has 2 rings (SSSR count). The zero-order chi connectivity index (χ0) is 17.9. The number of methoxy groups -OCH3 is 1. The Morgan fingerprint density at radius 1 is 1.04 bits per heavy atom. The largest absolute Gasteiger partial charge is 0.489 e. The van der Waals surface area contributed by atoms with E-state index in [1.807, 2.05) is 37.3 Å². The van der Waals surface area contributed by atoms with Crippen molar-refractivity contribution in [3.05, 3.63) is 65.2 Å². The van der Waals surface area contributed by atoms with Crippen LogP contribution in [-0.4, -0.2) is 39.4 Å². The fourth-order valence-electron chi connectivity index (χ4n) is 2.28. The van der Waals surface area contributed by atoms with Gasteiger partial charge in [-0.05, 0) is 30.7 Å². The van der Waals surface area contributed by atoms with Crippen molar-refractivity contribution in [3.8, 4) is 5.75 Å². The third kappa shape index (κ3) is 6.95. The van der Waals surface area contributed by atoms with Crippen LogP contribution in [0.2, 0.25) is 0 Å². The second kappa shape index (κ2) is 10.5. The molecule has 5 heteroatoms. The zero-order valence-corrected chi connectivity index (χ0v) is 14.8. The van der Waals surface area contributed by atoms with Crippen LogP contribution in [0, 0.1) is 6.92 Å². The third-order valence-electron chi connectivity index (χ3n) is 3.55. The van der Waals surface area contributed by atoms with Gasteiger partial charge in [0, 0.05) is 19.2 Å². The summed E-state index contributed by atoms with van der Waals surface area (Å²) in [5.41, 5.74) is 2.86. The minimum absolute atomic E-state index is 0.142. The maximum absolute atomic E-state index is 12.2. The van der Waals surface area contributed by atoms with Crippen LogP contribution in [0.25, 0.3) is 0 Å².